The summed E-state index contributed by atoms with van der Waals surface area (Å²) >= 11 is 0. The van der Waals surface area contributed by atoms with E-state index in [1.165, 1.54) is 5.56 Å². The van der Waals surface area contributed by atoms with E-state index in [2.05, 4.69) is 12.1 Å². The van der Waals surface area contributed by atoms with Crippen molar-refractivity contribution in [2.45, 2.75) is 51.9 Å². The zero-order valence-electron chi connectivity index (χ0n) is 12.9. The van der Waals surface area contributed by atoms with Gasteiger partial charge in [0.25, 0.3) is 0 Å². The average molecular weight is 285 g/mol. The van der Waals surface area contributed by atoms with Crippen molar-refractivity contribution >= 4 is 5.97 Å². The van der Waals surface area contributed by atoms with E-state index >= 15 is 0 Å². The van der Waals surface area contributed by atoms with Gasteiger partial charge in [-0.15, -0.1) is 0 Å². The highest BCUT2D eigenvalue weighted by Gasteiger charge is 2.25. The minimum Gasteiger partial charge on any atom is -0.466 e. The molecule has 0 bridgehead atoms. The molecule has 1 aliphatic carbocycles. The summed E-state index contributed by atoms with van der Waals surface area (Å²) in [7, 11) is 0. The van der Waals surface area contributed by atoms with Crippen LogP contribution in [0.2, 0.25) is 0 Å². The molecule has 0 radical (unpaired) electrons. The van der Waals surface area contributed by atoms with Gasteiger partial charge < -0.3 is 4.74 Å². The van der Waals surface area contributed by atoms with Gasteiger partial charge in [-0.25, -0.2) is 0 Å². The van der Waals surface area contributed by atoms with E-state index in [0.29, 0.717) is 24.9 Å². The minimum absolute atomic E-state index is 0.0661. The smallest absolute Gasteiger partial charge is 0.306 e. The Hall–Kier alpha value is -1.82. The molecule has 1 aromatic rings. The van der Waals surface area contributed by atoms with Gasteiger partial charge in [0, 0.05) is 6.42 Å². The fraction of sp³-hybridized carbons (Fsp3) is 0.556. The van der Waals surface area contributed by atoms with Gasteiger partial charge in [-0.05, 0) is 68.6 Å². The number of hydrogen-bond acceptors (Lipinski definition) is 3. The number of benzene rings is 1. The van der Waals surface area contributed by atoms with Crippen LogP contribution in [0.3, 0.4) is 0 Å². The summed E-state index contributed by atoms with van der Waals surface area (Å²) in [5.74, 6) is 0.917. The Morgan fingerprint density at radius 2 is 2.05 bits per heavy atom. The molecule has 0 amide bonds. The van der Waals surface area contributed by atoms with E-state index < -0.39 is 0 Å². The molecular weight excluding hydrogens is 262 g/mol. The molecule has 21 heavy (non-hydrogen) atoms. The van der Waals surface area contributed by atoms with Gasteiger partial charge in [-0.2, -0.15) is 5.26 Å². The lowest BCUT2D eigenvalue weighted by Crippen LogP contribution is -2.18. The molecule has 0 aromatic heterocycles. The number of carbonyl (C=O) groups is 1. The number of carbonyl (C=O) groups excluding carboxylic acids is 1. The van der Waals surface area contributed by atoms with E-state index in [0.717, 1.165) is 36.8 Å². The van der Waals surface area contributed by atoms with Crippen molar-refractivity contribution in [1.29, 1.82) is 5.26 Å². The Balaban J connectivity index is 1.95. The van der Waals surface area contributed by atoms with Gasteiger partial charge >= 0.3 is 5.97 Å². The van der Waals surface area contributed by atoms with Gasteiger partial charge in [0.2, 0.25) is 0 Å². The number of nitriles is 1. The molecule has 0 saturated heterocycles. The Kier molecular flexibility index (Phi) is 5.38. The largest absolute Gasteiger partial charge is 0.466 e. The second-order valence-corrected chi connectivity index (χ2v) is 5.86. The fourth-order valence-electron chi connectivity index (χ4n) is 3.35. The van der Waals surface area contributed by atoms with Gasteiger partial charge in [0.05, 0.1) is 18.2 Å². The molecule has 1 aliphatic rings. The summed E-state index contributed by atoms with van der Waals surface area (Å²) in [5, 5.41) is 9.13. The van der Waals surface area contributed by atoms with Crippen molar-refractivity contribution in [1.82, 2.24) is 0 Å². The van der Waals surface area contributed by atoms with Gasteiger partial charge in [0.15, 0.2) is 0 Å². The maximum atomic E-state index is 11.5. The lowest BCUT2D eigenvalue weighted by molar-refractivity contribution is -0.144. The van der Waals surface area contributed by atoms with E-state index in [1.54, 1.807) is 0 Å². The van der Waals surface area contributed by atoms with Gasteiger partial charge in [0.1, 0.15) is 0 Å². The number of hydrogen-bond donors (Lipinski definition) is 0. The predicted octanol–water partition coefficient (Wildman–Crippen LogP) is 4.09. The van der Waals surface area contributed by atoms with Crippen LogP contribution in [-0.4, -0.2) is 12.6 Å². The third-order valence-electron chi connectivity index (χ3n) is 4.54. The first-order valence-corrected chi connectivity index (χ1v) is 7.81. The molecule has 112 valence electrons. The summed E-state index contributed by atoms with van der Waals surface area (Å²) < 4.78 is 5.03. The van der Waals surface area contributed by atoms with E-state index in [9.17, 15) is 4.79 Å². The minimum atomic E-state index is -0.0661. The van der Waals surface area contributed by atoms with Crippen molar-refractivity contribution in [3.8, 4) is 6.07 Å². The highest BCUT2D eigenvalue weighted by molar-refractivity contribution is 5.69. The standard InChI is InChI=1S/C18H23NO2/c1-3-21-18(20)11-14-7-9-15(10-8-14)17-6-4-5-16(12-19)13(17)2/h4-6,14-15H,3,7-11H2,1-2H3. The molecule has 3 heteroatoms. The lowest BCUT2D eigenvalue weighted by atomic mass is 9.76. The molecule has 2 rings (SSSR count). The molecule has 3 nitrogen and oxygen atoms in total. The van der Waals surface area contributed by atoms with Gasteiger partial charge in [-0.3, -0.25) is 4.79 Å². The van der Waals surface area contributed by atoms with Crippen LogP contribution in [0, 0.1) is 24.2 Å². The molecule has 1 fully saturated rings. The van der Waals surface area contributed by atoms with Gasteiger partial charge in [-0.1, -0.05) is 12.1 Å². The van der Waals surface area contributed by atoms with Crippen molar-refractivity contribution in [2.75, 3.05) is 6.61 Å². The zero-order valence-corrected chi connectivity index (χ0v) is 12.9. The predicted molar refractivity (Wildman–Crippen MR) is 81.8 cm³/mol. The number of esters is 1. The Labute approximate surface area is 126 Å². The lowest BCUT2D eigenvalue weighted by Gasteiger charge is -2.29. The van der Waals surface area contributed by atoms with Crippen LogP contribution in [0.4, 0.5) is 0 Å². The van der Waals surface area contributed by atoms with Crippen LogP contribution in [0.5, 0.6) is 0 Å². The maximum absolute atomic E-state index is 11.5. The third kappa shape index (κ3) is 3.85. The quantitative estimate of drug-likeness (QED) is 0.783. The summed E-state index contributed by atoms with van der Waals surface area (Å²) in [6.07, 6.45) is 4.89. The summed E-state index contributed by atoms with van der Waals surface area (Å²) in [6.45, 7) is 4.35. The number of nitrogens with zero attached hydrogens (tertiary/aromatic N) is 1. The average Bonchev–Trinajstić information content (AvgIpc) is 2.49. The highest BCUT2D eigenvalue weighted by atomic mass is 16.5. The van der Waals surface area contributed by atoms with Crippen LogP contribution in [0.25, 0.3) is 0 Å². The molecular formula is C18H23NO2. The molecule has 1 aromatic carbocycles. The van der Waals surface area contributed by atoms with Crippen LogP contribution in [0.1, 0.15) is 61.6 Å². The first kappa shape index (κ1) is 15.6. The SMILES string of the molecule is CCOC(=O)CC1CCC(c2cccc(C#N)c2C)CC1. The molecule has 0 spiro atoms. The third-order valence-corrected chi connectivity index (χ3v) is 4.54. The monoisotopic (exact) mass is 285 g/mol. The van der Waals surface area contributed by atoms with Crippen molar-refractivity contribution in [3.05, 3.63) is 34.9 Å². The number of ether oxygens (including phenoxy) is 1. The fourth-order valence-corrected chi connectivity index (χ4v) is 3.35. The highest BCUT2D eigenvalue weighted by Crippen LogP contribution is 2.38. The van der Waals surface area contributed by atoms with E-state index in [1.807, 2.05) is 26.0 Å². The Bertz CT molecular complexity index is 537. The maximum Gasteiger partial charge on any atom is 0.306 e. The topological polar surface area (TPSA) is 50.1 Å². The van der Waals surface area contributed by atoms with Crippen molar-refractivity contribution in [2.24, 2.45) is 5.92 Å². The first-order valence-electron chi connectivity index (χ1n) is 7.81. The molecule has 0 N–H and O–H groups in total. The van der Waals surface area contributed by atoms with E-state index in [4.69, 9.17) is 10.00 Å². The van der Waals surface area contributed by atoms with Crippen LogP contribution in [-0.2, 0) is 9.53 Å². The Morgan fingerprint density at radius 3 is 2.67 bits per heavy atom. The van der Waals surface area contributed by atoms with Crippen LogP contribution >= 0.6 is 0 Å². The summed E-state index contributed by atoms with van der Waals surface area (Å²) in [6, 6.07) is 8.27. The summed E-state index contributed by atoms with van der Waals surface area (Å²) in [4.78, 5) is 11.5. The van der Waals surface area contributed by atoms with E-state index in [-0.39, 0.29) is 5.97 Å². The van der Waals surface area contributed by atoms with Crippen molar-refractivity contribution in [3.63, 3.8) is 0 Å². The molecule has 0 unspecified atom stereocenters. The summed E-state index contributed by atoms with van der Waals surface area (Å²) in [5.41, 5.74) is 3.21. The Morgan fingerprint density at radius 1 is 1.33 bits per heavy atom. The second kappa shape index (κ2) is 7.26. The molecule has 0 atom stereocenters. The normalized spacial score (nSPS) is 21.6. The van der Waals surface area contributed by atoms with Crippen molar-refractivity contribution < 1.29 is 9.53 Å². The van der Waals surface area contributed by atoms with Crippen LogP contribution < -0.4 is 0 Å². The zero-order chi connectivity index (χ0) is 15.2. The second-order valence-electron chi connectivity index (χ2n) is 5.86. The molecule has 0 heterocycles. The first-order chi connectivity index (χ1) is 10.2. The molecule has 0 aliphatic heterocycles. The number of rotatable bonds is 4. The van der Waals surface area contributed by atoms with Crippen LogP contribution in [0.15, 0.2) is 18.2 Å². The molecule has 1 saturated carbocycles.